The van der Waals surface area contributed by atoms with Gasteiger partial charge in [-0.2, -0.15) is 5.10 Å². The van der Waals surface area contributed by atoms with Crippen molar-refractivity contribution in [3.05, 3.63) is 51.8 Å². The van der Waals surface area contributed by atoms with Crippen LogP contribution in [-0.4, -0.2) is 9.78 Å². The molecule has 0 radical (unpaired) electrons. The molecule has 1 aromatic heterocycles. The van der Waals surface area contributed by atoms with Crippen molar-refractivity contribution >= 4 is 15.9 Å². The molecule has 0 aliphatic heterocycles. The second-order valence-corrected chi connectivity index (χ2v) is 4.85. The van der Waals surface area contributed by atoms with Gasteiger partial charge < -0.3 is 5.73 Å². The fourth-order valence-electron chi connectivity index (χ4n) is 1.73. The van der Waals surface area contributed by atoms with Crippen molar-refractivity contribution in [1.29, 1.82) is 0 Å². The van der Waals surface area contributed by atoms with Crippen molar-refractivity contribution in [2.45, 2.75) is 12.5 Å². The van der Waals surface area contributed by atoms with Gasteiger partial charge >= 0.3 is 0 Å². The number of hydrogen-bond acceptors (Lipinski definition) is 2. The summed E-state index contributed by atoms with van der Waals surface area (Å²) in [5, 5.41) is 4.20. The Morgan fingerprint density at radius 2 is 2.11 bits per heavy atom. The molecule has 0 bridgehead atoms. The van der Waals surface area contributed by atoms with Crippen LogP contribution in [0.4, 0.5) is 8.78 Å². The van der Waals surface area contributed by atoms with Gasteiger partial charge in [0.15, 0.2) is 11.6 Å². The molecule has 1 atom stereocenters. The van der Waals surface area contributed by atoms with Crippen LogP contribution in [0.1, 0.15) is 17.3 Å². The van der Waals surface area contributed by atoms with Gasteiger partial charge in [-0.3, -0.25) is 4.68 Å². The molecule has 1 unspecified atom stereocenters. The first-order chi connectivity index (χ1) is 8.49. The van der Waals surface area contributed by atoms with E-state index in [2.05, 4.69) is 21.0 Å². The normalized spacial score (nSPS) is 12.7. The Kier molecular flexibility index (Phi) is 3.77. The Morgan fingerprint density at radius 3 is 2.72 bits per heavy atom. The Balaban J connectivity index is 2.24. The van der Waals surface area contributed by atoms with E-state index in [4.69, 9.17) is 5.73 Å². The first kappa shape index (κ1) is 13.2. The molecular weight excluding hydrogens is 304 g/mol. The van der Waals surface area contributed by atoms with E-state index in [9.17, 15) is 8.78 Å². The Labute approximate surface area is 112 Å². The second kappa shape index (κ2) is 5.16. The summed E-state index contributed by atoms with van der Waals surface area (Å²) in [6, 6.07) is 3.96. The second-order valence-electron chi connectivity index (χ2n) is 4.06. The number of nitrogens with two attached hydrogens (primary N) is 1. The fraction of sp³-hybridized carbons (Fsp3) is 0.250. The van der Waals surface area contributed by atoms with Crippen LogP contribution in [-0.2, 0) is 13.5 Å². The summed E-state index contributed by atoms with van der Waals surface area (Å²) in [7, 11) is 1.81. The van der Waals surface area contributed by atoms with E-state index in [1.54, 1.807) is 4.68 Å². The monoisotopic (exact) mass is 315 g/mol. The van der Waals surface area contributed by atoms with Crippen LogP contribution >= 0.6 is 15.9 Å². The summed E-state index contributed by atoms with van der Waals surface area (Å²) >= 11 is 3.03. The largest absolute Gasteiger partial charge is 0.324 e. The van der Waals surface area contributed by atoms with E-state index >= 15 is 0 Å². The molecule has 0 aliphatic carbocycles. The van der Waals surface area contributed by atoms with E-state index in [0.29, 0.717) is 12.0 Å². The van der Waals surface area contributed by atoms with Gasteiger partial charge in [-0.1, -0.05) is 6.07 Å². The molecule has 2 rings (SSSR count). The summed E-state index contributed by atoms with van der Waals surface area (Å²) in [5.41, 5.74) is 7.32. The van der Waals surface area contributed by atoms with Crippen LogP contribution in [0.5, 0.6) is 0 Å². The van der Waals surface area contributed by atoms with Crippen molar-refractivity contribution in [3.8, 4) is 0 Å². The Morgan fingerprint density at radius 1 is 1.39 bits per heavy atom. The third-order valence-electron chi connectivity index (χ3n) is 2.66. The highest BCUT2D eigenvalue weighted by atomic mass is 79.9. The molecule has 2 aromatic rings. The third kappa shape index (κ3) is 2.59. The summed E-state index contributed by atoms with van der Waals surface area (Å²) in [6.07, 6.45) is 2.27. The predicted octanol–water partition coefficient (Wildman–Crippen LogP) is 2.70. The minimum atomic E-state index is -0.913. The van der Waals surface area contributed by atoms with Crippen LogP contribution in [0.25, 0.3) is 0 Å². The number of benzene rings is 1. The lowest BCUT2D eigenvalue weighted by Crippen LogP contribution is -2.15. The van der Waals surface area contributed by atoms with Gasteiger partial charge in [-0.05, 0) is 33.6 Å². The minimum Gasteiger partial charge on any atom is -0.324 e. The standard InChI is InChI=1S/C12H12BrF2N3/c1-18-5-4-7(17-18)6-10(16)8-2-3-9(14)12(15)11(8)13/h2-5,10H,6,16H2,1H3. The molecule has 6 heteroatoms. The fourth-order valence-corrected chi connectivity index (χ4v) is 2.35. The summed E-state index contributed by atoms with van der Waals surface area (Å²) < 4.78 is 28.1. The number of hydrogen-bond donors (Lipinski definition) is 1. The van der Waals surface area contributed by atoms with Gasteiger partial charge in [-0.15, -0.1) is 0 Å². The first-order valence-electron chi connectivity index (χ1n) is 5.36. The van der Waals surface area contributed by atoms with Crippen LogP contribution in [0.15, 0.2) is 28.9 Å². The average Bonchev–Trinajstić information content (AvgIpc) is 2.71. The molecule has 0 aliphatic rings. The third-order valence-corrected chi connectivity index (χ3v) is 3.47. The van der Waals surface area contributed by atoms with Crippen LogP contribution in [0, 0.1) is 11.6 Å². The number of aryl methyl sites for hydroxylation is 1. The van der Waals surface area contributed by atoms with Crippen molar-refractivity contribution in [1.82, 2.24) is 9.78 Å². The lowest BCUT2D eigenvalue weighted by atomic mass is 10.0. The molecule has 1 heterocycles. The lowest BCUT2D eigenvalue weighted by molar-refractivity contribution is 0.499. The van der Waals surface area contributed by atoms with E-state index < -0.39 is 17.7 Å². The van der Waals surface area contributed by atoms with E-state index in [1.807, 2.05) is 19.3 Å². The van der Waals surface area contributed by atoms with E-state index in [1.165, 1.54) is 6.07 Å². The zero-order valence-corrected chi connectivity index (χ0v) is 11.3. The molecule has 18 heavy (non-hydrogen) atoms. The molecule has 3 nitrogen and oxygen atoms in total. The number of aromatic nitrogens is 2. The van der Waals surface area contributed by atoms with Gasteiger partial charge in [0, 0.05) is 25.7 Å². The SMILES string of the molecule is Cn1ccc(CC(N)c2ccc(F)c(F)c2Br)n1. The van der Waals surface area contributed by atoms with Gasteiger partial charge in [0.05, 0.1) is 10.2 Å². The maximum atomic E-state index is 13.4. The van der Waals surface area contributed by atoms with Crippen LogP contribution in [0.3, 0.4) is 0 Å². The number of nitrogens with zero attached hydrogens (tertiary/aromatic N) is 2. The van der Waals surface area contributed by atoms with Crippen LogP contribution in [0.2, 0.25) is 0 Å². The van der Waals surface area contributed by atoms with Crippen molar-refractivity contribution in [2.24, 2.45) is 12.8 Å². The maximum absolute atomic E-state index is 13.4. The number of rotatable bonds is 3. The average molecular weight is 316 g/mol. The topological polar surface area (TPSA) is 43.8 Å². The quantitative estimate of drug-likeness (QED) is 0.885. The maximum Gasteiger partial charge on any atom is 0.173 e. The zero-order chi connectivity index (χ0) is 13.3. The molecule has 0 fully saturated rings. The van der Waals surface area contributed by atoms with E-state index in [-0.39, 0.29) is 4.47 Å². The Hall–Kier alpha value is -1.27. The zero-order valence-electron chi connectivity index (χ0n) is 9.70. The predicted molar refractivity (Wildman–Crippen MR) is 67.9 cm³/mol. The van der Waals surface area contributed by atoms with E-state index in [0.717, 1.165) is 11.8 Å². The minimum absolute atomic E-state index is 0.0749. The first-order valence-corrected chi connectivity index (χ1v) is 6.16. The van der Waals surface area contributed by atoms with Crippen molar-refractivity contribution in [3.63, 3.8) is 0 Å². The van der Waals surface area contributed by atoms with Crippen molar-refractivity contribution < 1.29 is 8.78 Å². The van der Waals surface area contributed by atoms with Gasteiger partial charge in [0.1, 0.15) is 0 Å². The van der Waals surface area contributed by atoms with Crippen molar-refractivity contribution in [2.75, 3.05) is 0 Å². The smallest absolute Gasteiger partial charge is 0.173 e. The highest BCUT2D eigenvalue weighted by Crippen LogP contribution is 2.28. The van der Waals surface area contributed by atoms with Gasteiger partial charge in [0.2, 0.25) is 0 Å². The number of halogens is 3. The van der Waals surface area contributed by atoms with Crippen LogP contribution < -0.4 is 5.73 Å². The Bertz CT molecular complexity index is 568. The molecule has 0 amide bonds. The molecule has 0 spiro atoms. The molecule has 0 saturated heterocycles. The van der Waals surface area contributed by atoms with Gasteiger partial charge in [-0.25, -0.2) is 8.78 Å². The molecular formula is C12H12BrF2N3. The summed E-state index contributed by atoms with van der Waals surface area (Å²) in [6.45, 7) is 0. The molecule has 96 valence electrons. The highest BCUT2D eigenvalue weighted by molar-refractivity contribution is 9.10. The summed E-state index contributed by atoms with van der Waals surface area (Å²) in [5.74, 6) is -1.81. The summed E-state index contributed by atoms with van der Waals surface area (Å²) in [4.78, 5) is 0. The highest BCUT2D eigenvalue weighted by Gasteiger charge is 2.17. The molecule has 2 N–H and O–H groups in total. The molecule has 1 aromatic carbocycles. The van der Waals surface area contributed by atoms with Gasteiger partial charge in [0.25, 0.3) is 0 Å². The lowest BCUT2D eigenvalue weighted by Gasteiger charge is -2.13. The molecule has 0 saturated carbocycles.